The number of rotatable bonds is 6. The first-order valence-electron chi connectivity index (χ1n) is 11.6. The predicted molar refractivity (Wildman–Crippen MR) is 127 cm³/mol. The number of fused-ring (bicyclic) bond motifs is 3. The maximum absolute atomic E-state index is 13.4. The topological polar surface area (TPSA) is 116 Å². The lowest BCUT2D eigenvalue weighted by atomic mass is 9.96. The zero-order valence-corrected chi connectivity index (χ0v) is 19.1. The van der Waals surface area contributed by atoms with E-state index in [-0.39, 0.29) is 42.1 Å². The molecule has 9 nitrogen and oxygen atoms in total. The van der Waals surface area contributed by atoms with Crippen molar-refractivity contribution in [3.8, 4) is 0 Å². The summed E-state index contributed by atoms with van der Waals surface area (Å²) in [5, 5.41) is 9.11. The van der Waals surface area contributed by atoms with Crippen LogP contribution in [0.4, 0.5) is 4.39 Å². The highest BCUT2D eigenvalue weighted by Crippen LogP contribution is 2.19. The van der Waals surface area contributed by atoms with Gasteiger partial charge in [0.15, 0.2) is 0 Å². The van der Waals surface area contributed by atoms with Crippen LogP contribution in [0.5, 0.6) is 0 Å². The standard InChI is InChI=1S/C25H25FN6O3/c26-18-7-5-16(6-8-18)15-31-24(35)19-3-1-2-4-20(19)32-21(28-29-25(31)32)9-10-22(33)30-13-11-17(12-14-30)23(27)34/h1-8,17H,9-15H2,(H2,27,34). The number of carbonyl (C=O) groups excluding carboxylic acids is 2. The number of hydrogen-bond donors (Lipinski definition) is 1. The van der Waals surface area contributed by atoms with Gasteiger partial charge in [-0.3, -0.25) is 23.4 Å². The van der Waals surface area contributed by atoms with Gasteiger partial charge in [0, 0.05) is 31.8 Å². The quantitative estimate of drug-likeness (QED) is 0.456. The van der Waals surface area contributed by atoms with Crippen LogP contribution in [0.3, 0.4) is 0 Å². The summed E-state index contributed by atoms with van der Waals surface area (Å²) < 4.78 is 16.7. The molecule has 4 aromatic rings. The van der Waals surface area contributed by atoms with Gasteiger partial charge in [-0.25, -0.2) is 4.39 Å². The first-order valence-corrected chi connectivity index (χ1v) is 11.6. The molecule has 1 fully saturated rings. The number of carbonyl (C=O) groups is 2. The Balaban J connectivity index is 1.44. The number of halogens is 1. The molecule has 0 atom stereocenters. The molecule has 0 bridgehead atoms. The van der Waals surface area contributed by atoms with Crippen LogP contribution in [-0.2, 0) is 22.6 Å². The third-order valence-corrected chi connectivity index (χ3v) is 6.64. The second kappa shape index (κ2) is 9.28. The number of primary amides is 1. The molecule has 0 saturated carbocycles. The average molecular weight is 477 g/mol. The second-order valence-electron chi connectivity index (χ2n) is 8.84. The number of likely N-dealkylation sites (tertiary alicyclic amines) is 1. The molecule has 0 spiro atoms. The summed E-state index contributed by atoms with van der Waals surface area (Å²) in [7, 11) is 0. The minimum atomic E-state index is -0.349. The minimum Gasteiger partial charge on any atom is -0.369 e. The highest BCUT2D eigenvalue weighted by Gasteiger charge is 2.26. The van der Waals surface area contributed by atoms with Crippen molar-refractivity contribution in [2.24, 2.45) is 11.7 Å². The lowest BCUT2D eigenvalue weighted by Crippen LogP contribution is -2.41. The van der Waals surface area contributed by atoms with Crippen molar-refractivity contribution in [2.75, 3.05) is 13.1 Å². The van der Waals surface area contributed by atoms with Crippen molar-refractivity contribution in [3.05, 3.63) is 76.1 Å². The highest BCUT2D eigenvalue weighted by atomic mass is 19.1. The van der Waals surface area contributed by atoms with Crippen LogP contribution < -0.4 is 11.3 Å². The van der Waals surface area contributed by atoms with Crippen molar-refractivity contribution in [1.82, 2.24) is 24.1 Å². The van der Waals surface area contributed by atoms with Gasteiger partial charge >= 0.3 is 0 Å². The number of benzene rings is 2. The summed E-state index contributed by atoms with van der Waals surface area (Å²) in [4.78, 5) is 39.3. The van der Waals surface area contributed by atoms with E-state index in [9.17, 15) is 18.8 Å². The minimum absolute atomic E-state index is 0.0198. The molecule has 0 unspecified atom stereocenters. The van der Waals surface area contributed by atoms with Crippen molar-refractivity contribution < 1.29 is 14.0 Å². The van der Waals surface area contributed by atoms with Crippen LogP contribution in [0, 0.1) is 11.7 Å². The molecule has 0 radical (unpaired) electrons. The third kappa shape index (κ3) is 4.39. The van der Waals surface area contributed by atoms with Crippen LogP contribution in [0.25, 0.3) is 16.7 Å². The lowest BCUT2D eigenvalue weighted by Gasteiger charge is -2.30. The van der Waals surface area contributed by atoms with E-state index in [1.165, 1.54) is 16.7 Å². The molecule has 0 aliphatic carbocycles. The normalized spacial score (nSPS) is 14.6. The number of para-hydroxylation sites is 1. The number of hydrogen-bond acceptors (Lipinski definition) is 5. The zero-order chi connectivity index (χ0) is 24.5. The molecule has 10 heteroatoms. The molecule has 2 aromatic heterocycles. The molecule has 1 aliphatic rings. The van der Waals surface area contributed by atoms with Gasteiger partial charge in [0.1, 0.15) is 11.6 Å². The second-order valence-corrected chi connectivity index (χ2v) is 8.84. The van der Waals surface area contributed by atoms with Crippen LogP contribution in [0.15, 0.2) is 53.3 Å². The molecule has 2 amide bonds. The van der Waals surface area contributed by atoms with E-state index in [4.69, 9.17) is 5.73 Å². The van der Waals surface area contributed by atoms with Crippen molar-refractivity contribution in [2.45, 2.75) is 32.2 Å². The monoisotopic (exact) mass is 476 g/mol. The summed E-state index contributed by atoms with van der Waals surface area (Å²) in [5.41, 5.74) is 6.59. The Morgan fingerprint density at radius 3 is 2.46 bits per heavy atom. The van der Waals surface area contributed by atoms with Crippen LogP contribution in [0.2, 0.25) is 0 Å². The summed E-state index contributed by atoms with van der Waals surface area (Å²) in [6, 6.07) is 13.2. The number of aryl methyl sites for hydroxylation is 1. The van der Waals surface area contributed by atoms with Crippen LogP contribution >= 0.6 is 0 Å². The van der Waals surface area contributed by atoms with E-state index < -0.39 is 0 Å². The molecule has 35 heavy (non-hydrogen) atoms. The molecule has 1 saturated heterocycles. The van der Waals surface area contributed by atoms with E-state index in [0.29, 0.717) is 54.9 Å². The number of nitrogens with zero attached hydrogens (tertiary/aromatic N) is 5. The fourth-order valence-electron chi connectivity index (χ4n) is 4.68. The molecule has 180 valence electrons. The van der Waals surface area contributed by atoms with Crippen molar-refractivity contribution in [1.29, 1.82) is 0 Å². The lowest BCUT2D eigenvalue weighted by molar-refractivity contribution is -0.134. The van der Waals surface area contributed by atoms with Crippen molar-refractivity contribution >= 4 is 28.5 Å². The van der Waals surface area contributed by atoms with Gasteiger partial charge in [0.2, 0.25) is 17.6 Å². The van der Waals surface area contributed by atoms with E-state index >= 15 is 0 Å². The Morgan fingerprint density at radius 1 is 1.03 bits per heavy atom. The smallest absolute Gasteiger partial charge is 0.263 e. The van der Waals surface area contributed by atoms with Gasteiger partial charge in [-0.2, -0.15) is 0 Å². The largest absolute Gasteiger partial charge is 0.369 e. The first-order chi connectivity index (χ1) is 16.9. The molecule has 2 N–H and O–H groups in total. The van der Waals surface area contributed by atoms with Gasteiger partial charge in [0.05, 0.1) is 17.4 Å². The fraction of sp³-hybridized carbons (Fsp3) is 0.320. The van der Waals surface area contributed by atoms with Gasteiger partial charge in [-0.05, 0) is 42.7 Å². The Morgan fingerprint density at radius 2 is 1.74 bits per heavy atom. The third-order valence-electron chi connectivity index (χ3n) is 6.64. The summed E-state index contributed by atoms with van der Waals surface area (Å²) in [6.07, 6.45) is 1.73. The van der Waals surface area contributed by atoms with Gasteiger partial charge in [0.25, 0.3) is 5.56 Å². The van der Waals surface area contributed by atoms with E-state index in [2.05, 4.69) is 10.2 Å². The van der Waals surface area contributed by atoms with E-state index in [1.807, 2.05) is 16.5 Å². The van der Waals surface area contributed by atoms with Crippen LogP contribution in [0.1, 0.15) is 30.7 Å². The molecule has 5 rings (SSSR count). The Hall–Kier alpha value is -4.08. The summed E-state index contributed by atoms with van der Waals surface area (Å²) in [6.45, 7) is 1.22. The fourth-order valence-corrected chi connectivity index (χ4v) is 4.68. The predicted octanol–water partition coefficient (Wildman–Crippen LogP) is 1.89. The Kier molecular flexibility index (Phi) is 6.02. The van der Waals surface area contributed by atoms with E-state index in [1.54, 1.807) is 29.2 Å². The molecule has 2 aromatic carbocycles. The average Bonchev–Trinajstić information content (AvgIpc) is 3.30. The number of nitrogens with two attached hydrogens (primary N) is 1. The van der Waals surface area contributed by atoms with Gasteiger partial charge in [-0.1, -0.05) is 24.3 Å². The Labute approximate surface area is 200 Å². The number of piperidine rings is 1. The number of amides is 2. The summed E-state index contributed by atoms with van der Waals surface area (Å²) in [5.74, 6) is 0.0770. The molecule has 3 heterocycles. The van der Waals surface area contributed by atoms with Gasteiger partial charge in [-0.15, -0.1) is 10.2 Å². The maximum Gasteiger partial charge on any atom is 0.263 e. The van der Waals surface area contributed by atoms with E-state index in [0.717, 1.165) is 5.56 Å². The van der Waals surface area contributed by atoms with Crippen LogP contribution in [-0.4, -0.2) is 49.0 Å². The molecular formula is C25H25FN6O3. The maximum atomic E-state index is 13.4. The first kappa shape index (κ1) is 22.7. The highest BCUT2D eigenvalue weighted by molar-refractivity contribution is 5.81. The van der Waals surface area contributed by atoms with Crippen molar-refractivity contribution in [3.63, 3.8) is 0 Å². The summed E-state index contributed by atoms with van der Waals surface area (Å²) >= 11 is 0. The molecular weight excluding hydrogens is 451 g/mol. The zero-order valence-electron chi connectivity index (χ0n) is 19.1. The van der Waals surface area contributed by atoms with Gasteiger partial charge < -0.3 is 10.6 Å². The SMILES string of the molecule is NC(=O)C1CCN(C(=O)CCc2nnc3n(Cc4ccc(F)cc4)c(=O)c4ccccc4n23)CC1. The number of aromatic nitrogens is 4. The molecule has 1 aliphatic heterocycles. The Bertz CT molecular complexity index is 1470.